The monoisotopic (exact) mass is 270 g/mol. The lowest BCUT2D eigenvalue weighted by molar-refractivity contribution is 0.0991. The highest BCUT2D eigenvalue weighted by atomic mass is 32.1. The zero-order valence-corrected chi connectivity index (χ0v) is 11.7. The molecule has 3 nitrogen and oxygen atoms in total. The summed E-state index contributed by atoms with van der Waals surface area (Å²) >= 11 is 1.58. The average molecular weight is 270 g/mol. The molecule has 0 fully saturated rings. The van der Waals surface area contributed by atoms with Crippen LogP contribution >= 0.6 is 11.3 Å². The number of aromatic nitrogens is 2. The van der Waals surface area contributed by atoms with Crippen molar-refractivity contribution >= 4 is 22.1 Å². The Balaban J connectivity index is 1.88. The molecule has 0 saturated carbocycles. The summed E-state index contributed by atoms with van der Waals surface area (Å²) in [6, 6.07) is 5.98. The first-order chi connectivity index (χ1) is 9.13. The summed E-state index contributed by atoms with van der Waals surface area (Å²) in [6.07, 6.45) is 4.24. The van der Waals surface area contributed by atoms with Gasteiger partial charge in [-0.3, -0.25) is 9.20 Å². The van der Waals surface area contributed by atoms with Gasteiger partial charge in [-0.15, -0.1) is 11.3 Å². The number of nitrogens with zero attached hydrogens (tertiary/aromatic N) is 2. The molecule has 3 aromatic rings. The molecule has 0 aliphatic heterocycles. The number of rotatable bonds is 3. The average Bonchev–Trinajstić information content (AvgIpc) is 2.92. The molecule has 2 aromatic heterocycles. The van der Waals surface area contributed by atoms with Gasteiger partial charge in [0.15, 0.2) is 10.7 Å². The molecule has 0 bridgehead atoms. The molecule has 0 saturated heterocycles. The lowest BCUT2D eigenvalue weighted by atomic mass is 9.99. The number of carbonyl (C=O) groups excluding carboxylic acids is 1. The number of aryl methyl sites for hydroxylation is 2. The smallest absolute Gasteiger partial charge is 0.193 e. The molecule has 0 atom stereocenters. The van der Waals surface area contributed by atoms with Crippen molar-refractivity contribution in [2.24, 2.45) is 0 Å². The van der Waals surface area contributed by atoms with Gasteiger partial charge in [-0.1, -0.05) is 17.7 Å². The van der Waals surface area contributed by atoms with Crippen LogP contribution in [0.5, 0.6) is 0 Å². The van der Waals surface area contributed by atoms with E-state index in [2.05, 4.69) is 4.98 Å². The summed E-state index contributed by atoms with van der Waals surface area (Å²) in [4.78, 5) is 17.7. The lowest BCUT2D eigenvalue weighted by Gasteiger charge is -2.04. The minimum Gasteiger partial charge on any atom is -0.297 e. The van der Waals surface area contributed by atoms with E-state index in [4.69, 9.17) is 0 Å². The highest BCUT2D eigenvalue weighted by Gasteiger charge is 2.12. The summed E-state index contributed by atoms with van der Waals surface area (Å²) < 4.78 is 1.95. The van der Waals surface area contributed by atoms with Gasteiger partial charge < -0.3 is 0 Å². The molecule has 0 radical (unpaired) electrons. The maximum atomic E-state index is 12.3. The normalized spacial score (nSPS) is 11.1. The zero-order valence-electron chi connectivity index (χ0n) is 10.9. The third kappa shape index (κ3) is 2.31. The van der Waals surface area contributed by atoms with E-state index < -0.39 is 0 Å². The predicted molar refractivity (Wildman–Crippen MR) is 77.0 cm³/mol. The first-order valence-corrected chi connectivity index (χ1v) is 7.03. The van der Waals surface area contributed by atoms with E-state index in [1.807, 2.05) is 54.2 Å². The molecule has 4 heteroatoms. The van der Waals surface area contributed by atoms with Gasteiger partial charge in [0.05, 0.1) is 12.1 Å². The Bertz CT molecular complexity index is 726. The second-order valence-corrected chi connectivity index (χ2v) is 5.62. The number of fused-ring (bicyclic) bond motifs is 1. The molecule has 0 amide bonds. The molecule has 3 rings (SSSR count). The maximum absolute atomic E-state index is 12.3. The van der Waals surface area contributed by atoms with Gasteiger partial charge in [0.2, 0.25) is 0 Å². The number of imidazole rings is 1. The molecular weight excluding hydrogens is 256 g/mol. The van der Waals surface area contributed by atoms with E-state index in [1.54, 1.807) is 11.3 Å². The first-order valence-electron chi connectivity index (χ1n) is 6.15. The van der Waals surface area contributed by atoms with Gasteiger partial charge in [-0.05, 0) is 25.5 Å². The molecule has 96 valence electrons. The fourth-order valence-corrected chi connectivity index (χ4v) is 2.88. The highest BCUT2D eigenvalue weighted by molar-refractivity contribution is 7.15. The van der Waals surface area contributed by atoms with Gasteiger partial charge in [0.25, 0.3) is 0 Å². The molecule has 19 heavy (non-hydrogen) atoms. The zero-order chi connectivity index (χ0) is 13.4. The quantitative estimate of drug-likeness (QED) is 0.683. The second-order valence-electron chi connectivity index (χ2n) is 4.74. The molecule has 0 N–H and O–H groups in total. The number of ketones is 1. The van der Waals surface area contributed by atoms with Crippen LogP contribution < -0.4 is 0 Å². The van der Waals surface area contributed by atoms with Gasteiger partial charge in [0.1, 0.15) is 0 Å². The predicted octanol–water partition coefficient (Wildman–Crippen LogP) is 3.44. The molecule has 2 heterocycles. The van der Waals surface area contributed by atoms with Gasteiger partial charge in [-0.2, -0.15) is 0 Å². The minimum absolute atomic E-state index is 0.131. The lowest BCUT2D eigenvalue weighted by Crippen LogP contribution is -2.06. The van der Waals surface area contributed by atoms with Crippen LogP contribution in [0, 0.1) is 13.8 Å². The van der Waals surface area contributed by atoms with Crippen LogP contribution in [0.25, 0.3) is 4.96 Å². The summed E-state index contributed by atoms with van der Waals surface area (Å²) in [6.45, 7) is 3.97. The van der Waals surface area contributed by atoms with Crippen LogP contribution in [-0.4, -0.2) is 15.2 Å². The number of hydrogen-bond donors (Lipinski definition) is 0. The number of thiazole rings is 1. The summed E-state index contributed by atoms with van der Waals surface area (Å²) in [5.41, 5.74) is 3.77. The second kappa shape index (κ2) is 4.63. The van der Waals surface area contributed by atoms with Crippen LogP contribution in [-0.2, 0) is 6.42 Å². The van der Waals surface area contributed by atoms with Crippen LogP contribution in [0.15, 0.2) is 36.0 Å². The summed E-state index contributed by atoms with van der Waals surface area (Å²) in [5, 5.41) is 1.98. The SMILES string of the molecule is Cc1ccc(C)c(C(=O)Cc2cn3ccsc3n2)c1. The Morgan fingerprint density at radius 2 is 2.21 bits per heavy atom. The standard InChI is InChI=1S/C15H14N2OS/c1-10-3-4-11(2)13(7-10)14(18)8-12-9-17-5-6-19-15(17)16-12/h3-7,9H,8H2,1-2H3. The van der Waals surface area contributed by atoms with Crippen molar-refractivity contribution in [3.8, 4) is 0 Å². The van der Waals surface area contributed by atoms with Crippen molar-refractivity contribution in [3.05, 3.63) is 58.4 Å². The van der Waals surface area contributed by atoms with Crippen molar-refractivity contribution in [2.75, 3.05) is 0 Å². The summed E-state index contributed by atoms with van der Waals surface area (Å²) in [5.74, 6) is 0.131. The van der Waals surface area contributed by atoms with E-state index in [-0.39, 0.29) is 5.78 Å². The highest BCUT2D eigenvalue weighted by Crippen LogP contribution is 2.16. The molecular formula is C15H14N2OS. The van der Waals surface area contributed by atoms with Crippen molar-refractivity contribution < 1.29 is 4.79 Å². The molecule has 0 aliphatic rings. The molecule has 1 aromatic carbocycles. The van der Waals surface area contributed by atoms with Crippen LogP contribution in [0.2, 0.25) is 0 Å². The fraction of sp³-hybridized carbons (Fsp3) is 0.200. The van der Waals surface area contributed by atoms with Crippen molar-refractivity contribution in [2.45, 2.75) is 20.3 Å². The van der Waals surface area contributed by atoms with Crippen molar-refractivity contribution in [3.63, 3.8) is 0 Å². The number of hydrogen-bond acceptors (Lipinski definition) is 3. The third-order valence-corrected chi connectivity index (χ3v) is 3.95. The minimum atomic E-state index is 0.131. The number of carbonyl (C=O) groups is 1. The number of Topliss-reactive ketones (excluding diaryl/α,β-unsaturated/α-hetero) is 1. The first kappa shape index (κ1) is 12.1. The van der Waals surface area contributed by atoms with E-state index in [0.29, 0.717) is 6.42 Å². The van der Waals surface area contributed by atoms with Crippen molar-refractivity contribution in [1.29, 1.82) is 0 Å². The van der Waals surface area contributed by atoms with Crippen LogP contribution in [0.1, 0.15) is 27.2 Å². The Labute approximate surface area is 115 Å². The van der Waals surface area contributed by atoms with Gasteiger partial charge >= 0.3 is 0 Å². The Morgan fingerprint density at radius 3 is 3.00 bits per heavy atom. The van der Waals surface area contributed by atoms with Gasteiger partial charge in [0, 0.05) is 23.3 Å². The summed E-state index contributed by atoms with van der Waals surface area (Å²) in [7, 11) is 0. The molecule has 0 unspecified atom stereocenters. The molecule has 0 aliphatic carbocycles. The Morgan fingerprint density at radius 1 is 1.37 bits per heavy atom. The Hall–Kier alpha value is -1.94. The van der Waals surface area contributed by atoms with E-state index in [9.17, 15) is 4.79 Å². The third-order valence-electron chi connectivity index (χ3n) is 3.18. The van der Waals surface area contributed by atoms with Crippen LogP contribution in [0.4, 0.5) is 0 Å². The van der Waals surface area contributed by atoms with E-state index in [1.165, 1.54) is 0 Å². The van der Waals surface area contributed by atoms with E-state index >= 15 is 0 Å². The van der Waals surface area contributed by atoms with Gasteiger partial charge in [-0.25, -0.2) is 4.98 Å². The molecule has 0 spiro atoms. The fourth-order valence-electron chi connectivity index (χ4n) is 2.16. The topological polar surface area (TPSA) is 34.4 Å². The van der Waals surface area contributed by atoms with Crippen LogP contribution in [0.3, 0.4) is 0 Å². The number of benzene rings is 1. The Kier molecular flexibility index (Phi) is 2.95. The van der Waals surface area contributed by atoms with Crippen molar-refractivity contribution in [1.82, 2.24) is 9.38 Å². The largest absolute Gasteiger partial charge is 0.297 e. The van der Waals surface area contributed by atoms with E-state index in [0.717, 1.165) is 27.3 Å². The maximum Gasteiger partial charge on any atom is 0.193 e.